The summed E-state index contributed by atoms with van der Waals surface area (Å²) in [6.45, 7) is 2.15. The molecule has 0 aliphatic heterocycles. The summed E-state index contributed by atoms with van der Waals surface area (Å²) >= 11 is 0. The van der Waals surface area contributed by atoms with E-state index in [0.29, 0.717) is 0 Å². The molecule has 0 heterocycles. The highest BCUT2D eigenvalue weighted by Crippen LogP contribution is 2.06. The van der Waals surface area contributed by atoms with Crippen molar-refractivity contribution in [3.8, 4) is 24.2 Å². The fraction of sp³-hybridized carbons (Fsp3) is 0.571. The Morgan fingerprint density at radius 1 is 1.19 bits per heavy atom. The van der Waals surface area contributed by atoms with Gasteiger partial charge in [-0.25, -0.2) is 0 Å². The molecule has 0 spiro atoms. The normalized spacial score (nSPS) is 13.9. The molecule has 16 heavy (non-hydrogen) atoms. The number of aliphatic hydroxyl groups is 2. The van der Waals surface area contributed by atoms with Gasteiger partial charge in [-0.15, -0.1) is 6.42 Å². The number of terminal acetylenes is 1. The van der Waals surface area contributed by atoms with Crippen molar-refractivity contribution in [2.24, 2.45) is 0 Å². The Hall–Kier alpha value is -1.22. The molecule has 0 radical (unpaired) electrons. The molecule has 88 valence electrons. The average molecular weight is 220 g/mol. The maximum Gasteiger partial charge on any atom is 0.134 e. The molecule has 0 saturated heterocycles. The summed E-state index contributed by atoms with van der Waals surface area (Å²) in [6, 6.07) is 0. The van der Waals surface area contributed by atoms with E-state index in [2.05, 4.69) is 24.7 Å². The van der Waals surface area contributed by atoms with E-state index in [9.17, 15) is 10.2 Å². The van der Waals surface area contributed by atoms with Gasteiger partial charge in [-0.3, -0.25) is 0 Å². The largest absolute Gasteiger partial charge is 0.389 e. The van der Waals surface area contributed by atoms with Gasteiger partial charge in [0.1, 0.15) is 6.10 Å². The lowest BCUT2D eigenvalue weighted by molar-refractivity contribution is 0.205. The zero-order valence-corrected chi connectivity index (χ0v) is 9.82. The predicted molar refractivity (Wildman–Crippen MR) is 66.5 cm³/mol. The lowest BCUT2D eigenvalue weighted by atomic mass is 10.1. The van der Waals surface area contributed by atoms with E-state index in [1.165, 1.54) is 18.9 Å². The molecule has 2 unspecified atom stereocenters. The highest BCUT2D eigenvalue weighted by atomic mass is 16.3. The van der Waals surface area contributed by atoms with Crippen molar-refractivity contribution >= 4 is 0 Å². The van der Waals surface area contributed by atoms with Gasteiger partial charge in [0.2, 0.25) is 0 Å². The van der Waals surface area contributed by atoms with Crippen LogP contribution in [0.3, 0.4) is 0 Å². The van der Waals surface area contributed by atoms with E-state index in [-0.39, 0.29) is 0 Å². The Morgan fingerprint density at radius 3 is 2.56 bits per heavy atom. The highest BCUT2D eigenvalue weighted by molar-refractivity contribution is 5.25. The lowest BCUT2D eigenvalue weighted by Gasteiger charge is -2.05. The van der Waals surface area contributed by atoms with Gasteiger partial charge in [-0.1, -0.05) is 44.6 Å². The summed E-state index contributed by atoms with van der Waals surface area (Å²) in [4.78, 5) is 0. The first-order valence-electron chi connectivity index (χ1n) is 5.71. The molecule has 0 aliphatic carbocycles. The molecule has 2 heteroatoms. The Balaban J connectivity index is 3.73. The van der Waals surface area contributed by atoms with Crippen LogP contribution in [0.4, 0.5) is 0 Å². The van der Waals surface area contributed by atoms with Crippen LogP contribution in [0, 0.1) is 24.2 Å². The second-order valence-corrected chi connectivity index (χ2v) is 3.66. The maximum absolute atomic E-state index is 9.54. The monoisotopic (exact) mass is 220 g/mol. The van der Waals surface area contributed by atoms with E-state index >= 15 is 0 Å². The van der Waals surface area contributed by atoms with Crippen LogP contribution in [-0.2, 0) is 0 Å². The van der Waals surface area contributed by atoms with E-state index in [4.69, 9.17) is 6.42 Å². The van der Waals surface area contributed by atoms with Gasteiger partial charge in [-0.2, -0.15) is 0 Å². The minimum Gasteiger partial charge on any atom is -0.389 e. The molecular weight excluding hydrogens is 200 g/mol. The van der Waals surface area contributed by atoms with E-state index < -0.39 is 12.2 Å². The number of hydrogen-bond donors (Lipinski definition) is 2. The summed E-state index contributed by atoms with van der Waals surface area (Å²) in [6.07, 6.45) is 11.8. The zero-order valence-electron chi connectivity index (χ0n) is 9.82. The number of aliphatic hydroxyl groups excluding tert-OH is 2. The third kappa shape index (κ3) is 9.34. The van der Waals surface area contributed by atoms with Crippen LogP contribution >= 0.6 is 0 Å². The fourth-order valence-electron chi connectivity index (χ4n) is 1.27. The standard InChI is InChI=1S/C14H20O2/c1-3-5-7-8-10-14(16)12-11-13(15)9-6-4-2/h2,11-16H,3,5,7-8,10H2,1H3/b12-11-. The van der Waals surface area contributed by atoms with Crippen molar-refractivity contribution in [2.75, 3.05) is 0 Å². The van der Waals surface area contributed by atoms with Gasteiger partial charge in [-0.05, 0) is 24.3 Å². The smallest absolute Gasteiger partial charge is 0.134 e. The minimum absolute atomic E-state index is 0.501. The van der Waals surface area contributed by atoms with Crippen molar-refractivity contribution < 1.29 is 10.2 Å². The molecule has 0 aromatic rings. The second kappa shape index (κ2) is 10.3. The Bertz CT molecular complexity index is 288. The number of rotatable bonds is 7. The molecule has 2 atom stereocenters. The summed E-state index contributed by atoms with van der Waals surface area (Å²) in [7, 11) is 0. The van der Waals surface area contributed by atoms with Gasteiger partial charge < -0.3 is 10.2 Å². The van der Waals surface area contributed by atoms with Crippen molar-refractivity contribution in [3.63, 3.8) is 0 Å². The first kappa shape index (κ1) is 14.8. The third-order valence-corrected chi connectivity index (χ3v) is 2.16. The molecule has 0 rings (SSSR count). The summed E-state index contributed by atoms with van der Waals surface area (Å²) in [5.41, 5.74) is 0. The third-order valence-electron chi connectivity index (χ3n) is 2.16. The fourth-order valence-corrected chi connectivity index (χ4v) is 1.27. The van der Waals surface area contributed by atoms with Gasteiger partial charge in [0.05, 0.1) is 6.10 Å². The van der Waals surface area contributed by atoms with Crippen LogP contribution in [0.5, 0.6) is 0 Å². The minimum atomic E-state index is -0.888. The topological polar surface area (TPSA) is 40.5 Å². The predicted octanol–water partition coefficient (Wildman–Crippen LogP) is 1.87. The second-order valence-electron chi connectivity index (χ2n) is 3.66. The zero-order chi connectivity index (χ0) is 12.2. The van der Waals surface area contributed by atoms with Gasteiger partial charge in [0.25, 0.3) is 0 Å². The molecule has 0 aromatic carbocycles. The van der Waals surface area contributed by atoms with Crippen LogP contribution < -0.4 is 0 Å². The van der Waals surface area contributed by atoms with E-state index in [1.807, 2.05) is 0 Å². The molecule has 0 fully saturated rings. The first-order chi connectivity index (χ1) is 7.70. The molecule has 0 amide bonds. The van der Waals surface area contributed by atoms with Crippen molar-refractivity contribution in [1.82, 2.24) is 0 Å². The number of unbranched alkanes of at least 4 members (excludes halogenated alkanes) is 3. The first-order valence-corrected chi connectivity index (χ1v) is 5.71. The Morgan fingerprint density at radius 2 is 1.94 bits per heavy atom. The Labute approximate surface area is 98.4 Å². The van der Waals surface area contributed by atoms with Gasteiger partial charge in [0.15, 0.2) is 0 Å². The molecular formula is C14H20O2. The molecule has 0 aromatic heterocycles. The van der Waals surface area contributed by atoms with Crippen molar-refractivity contribution in [3.05, 3.63) is 12.2 Å². The molecule has 0 bridgehead atoms. The van der Waals surface area contributed by atoms with E-state index in [0.717, 1.165) is 19.3 Å². The lowest BCUT2D eigenvalue weighted by Crippen LogP contribution is -2.05. The summed E-state index contributed by atoms with van der Waals surface area (Å²) in [5.74, 6) is 6.88. The molecule has 2 N–H and O–H groups in total. The van der Waals surface area contributed by atoms with Crippen LogP contribution in [-0.4, -0.2) is 22.4 Å². The van der Waals surface area contributed by atoms with Crippen molar-refractivity contribution in [1.29, 1.82) is 0 Å². The summed E-state index contributed by atoms with van der Waals surface area (Å²) in [5, 5.41) is 18.8. The highest BCUT2D eigenvalue weighted by Gasteiger charge is 1.99. The van der Waals surface area contributed by atoms with Crippen LogP contribution in [0.2, 0.25) is 0 Å². The molecule has 0 saturated carbocycles. The van der Waals surface area contributed by atoms with E-state index in [1.54, 1.807) is 6.08 Å². The van der Waals surface area contributed by atoms with Crippen molar-refractivity contribution in [2.45, 2.75) is 51.2 Å². The summed E-state index contributed by atoms with van der Waals surface area (Å²) < 4.78 is 0. The SMILES string of the molecule is C#CC#CC(O)/C=C\C(O)CCCCCC. The maximum atomic E-state index is 9.54. The average Bonchev–Trinajstić information content (AvgIpc) is 2.29. The Kier molecular flexibility index (Phi) is 9.52. The molecule has 2 nitrogen and oxygen atoms in total. The molecule has 0 aliphatic rings. The van der Waals surface area contributed by atoms with Crippen LogP contribution in [0.1, 0.15) is 39.0 Å². The number of hydrogen-bond acceptors (Lipinski definition) is 2. The van der Waals surface area contributed by atoms with Gasteiger partial charge in [0, 0.05) is 0 Å². The van der Waals surface area contributed by atoms with Crippen LogP contribution in [0.15, 0.2) is 12.2 Å². The van der Waals surface area contributed by atoms with Gasteiger partial charge >= 0.3 is 0 Å². The van der Waals surface area contributed by atoms with Crippen LogP contribution in [0.25, 0.3) is 0 Å². The quantitative estimate of drug-likeness (QED) is 0.390.